The van der Waals surface area contributed by atoms with Crippen LogP contribution in [-0.4, -0.2) is 12.6 Å². The van der Waals surface area contributed by atoms with Crippen LogP contribution in [0.4, 0.5) is 4.39 Å². The molecule has 0 heterocycles. The highest BCUT2D eigenvalue weighted by molar-refractivity contribution is 5.17. The predicted molar refractivity (Wildman–Crippen MR) is 67.0 cm³/mol. The Morgan fingerprint density at radius 3 is 2.50 bits per heavy atom. The van der Waals surface area contributed by atoms with Crippen LogP contribution in [0.25, 0.3) is 0 Å². The van der Waals surface area contributed by atoms with Crippen molar-refractivity contribution in [3.05, 3.63) is 35.6 Å². The molecule has 0 saturated carbocycles. The molecule has 0 radical (unpaired) electrons. The Kier molecular flexibility index (Phi) is 5.47. The maximum absolute atomic E-state index is 13.3. The fourth-order valence-electron chi connectivity index (χ4n) is 1.94. The second-order valence-electron chi connectivity index (χ2n) is 4.83. The Bertz CT molecular complexity index is 309. The van der Waals surface area contributed by atoms with Gasteiger partial charge < -0.3 is 5.32 Å². The quantitative estimate of drug-likeness (QED) is 0.779. The van der Waals surface area contributed by atoms with Gasteiger partial charge in [0.15, 0.2) is 0 Å². The highest BCUT2D eigenvalue weighted by Crippen LogP contribution is 2.07. The van der Waals surface area contributed by atoms with Gasteiger partial charge in [0.05, 0.1) is 0 Å². The number of nitrogens with one attached hydrogen (secondary N) is 1. The van der Waals surface area contributed by atoms with Gasteiger partial charge in [0.2, 0.25) is 0 Å². The molecule has 0 aliphatic carbocycles. The van der Waals surface area contributed by atoms with Crippen LogP contribution in [0, 0.1) is 11.7 Å². The predicted octanol–water partition coefficient (Wildman–Crippen LogP) is 3.39. The first-order valence-corrected chi connectivity index (χ1v) is 6.06. The third-order valence-electron chi connectivity index (χ3n) is 2.67. The van der Waals surface area contributed by atoms with Gasteiger partial charge in [-0.05, 0) is 43.9 Å². The van der Waals surface area contributed by atoms with E-state index in [1.165, 1.54) is 6.07 Å². The molecule has 1 unspecified atom stereocenters. The summed E-state index contributed by atoms with van der Waals surface area (Å²) in [6.07, 6.45) is 1.92. The van der Waals surface area contributed by atoms with Gasteiger partial charge >= 0.3 is 0 Å². The molecule has 1 aromatic carbocycles. The normalized spacial score (nSPS) is 13.1. The molecule has 0 aliphatic heterocycles. The SMILES string of the molecule is CC(C)CC(C)NCCc1ccccc1F. The highest BCUT2D eigenvalue weighted by Gasteiger charge is 2.05. The molecular formula is C14H22FN. The van der Waals surface area contributed by atoms with E-state index in [0.29, 0.717) is 12.0 Å². The lowest BCUT2D eigenvalue weighted by Crippen LogP contribution is -2.29. The van der Waals surface area contributed by atoms with Gasteiger partial charge in [0.25, 0.3) is 0 Å². The molecule has 0 saturated heterocycles. The van der Waals surface area contributed by atoms with E-state index in [2.05, 4.69) is 26.1 Å². The van der Waals surface area contributed by atoms with Crippen molar-refractivity contribution in [3.63, 3.8) is 0 Å². The van der Waals surface area contributed by atoms with E-state index in [1.54, 1.807) is 6.07 Å². The molecule has 1 nitrogen and oxygen atoms in total. The Morgan fingerprint density at radius 2 is 1.88 bits per heavy atom. The van der Waals surface area contributed by atoms with Gasteiger partial charge in [-0.15, -0.1) is 0 Å². The second-order valence-corrected chi connectivity index (χ2v) is 4.83. The molecule has 1 N–H and O–H groups in total. The lowest BCUT2D eigenvalue weighted by atomic mass is 10.0. The summed E-state index contributed by atoms with van der Waals surface area (Å²) in [5.74, 6) is 0.608. The molecule has 0 amide bonds. The summed E-state index contributed by atoms with van der Waals surface area (Å²) in [7, 11) is 0. The lowest BCUT2D eigenvalue weighted by molar-refractivity contribution is 0.443. The van der Waals surface area contributed by atoms with E-state index in [-0.39, 0.29) is 5.82 Å². The van der Waals surface area contributed by atoms with Crippen molar-refractivity contribution in [2.24, 2.45) is 5.92 Å². The van der Waals surface area contributed by atoms with Crippen molar-refractivity contribution >= 4 is 0 Å². The van der Waals surface area contributed by atoms with Crippen molar-refractivity contribution < 1.29 is 4.39 Å². The van der Waals surface area contributed by atoms with E-state index in [1.807, 2.05) is 12.1 Å². The number of halogens is 1. The summed E-state index contributed by atoms with van der Waals surface area (Å²) in [5.41, 5.74) is 0.798. The van der Waals surface area contributed by atoms with Crippen LogP contribution < -0.4 is 5.32 Å². The topological polar surface area (TPSA) is 12.0 Å². The minimum absolute atomic E-state index is 0.0965. The van der Waals surface area contributed by atoms with Gasteiger partial charge in [-0.3, -0.25) is 0 Å². The van der Waals surface area contributed by atoms with Crippen LogP contribution in [0.15, 0.2) is 24.3 Å². The van der Waals surface area contributed by atoms with E-state index in [4.69, 9.17) is 0 Å². The molecule has 90 valence electrons. The van der Waals surface area contributed by atoms with Gasteiger partial charge in [-0.2, -0.15) is 0 Å². The van der Waals surface area contributed by atoms with Crippen LogP contribution in [0.5, 0.6) is 0 Å². The Hall–Kier alpha value is -0.890. The maximum atomic E-state index is 13.3. The molecule has 0 spiro atoms. The largest absolute Gasteiger partial charge is 0.314 e. The van der Waals surface area contributed by atoms with E-state index in [0.717, 1.165) is 24.9 Å². The van der Waals surface area contributed by atoms with Crippen LogP contribution in [0.1, 0.15) is 32.8 Å². The van der Waals surface area contributed by atoms with Gasteiger partial charge in [0, 0.05) is 6.04 Å². The van der Waals surface area contributed by atoms with Crippen LogP contribution in [-0.2, 0) is 6.42 Å². The average Bonchev–Trinajstić information content (AvgIpc) is 2.19. The smallest absolute Gasteiger partial charge is 0.126 e. The highest BCUT2D eigenvalue weighted by atomic mass is 19.1. The third-order valence-corrected chi connectivity index (χ3v) is 2.67. The number of rotatable bonds is 6. The summed E-state index contributed by atoms with van der Waals surface area (Å²) < 4.78 is 13.3. The van der Waals surface area contributed by atoms with E-state index < -0.39 is 0 Å². The standard InChI is InChI=1S/C14H22FN/c1-11(2)10-12(3)16-9-8-13-6-4-5-7-14(13)15/h4-7,11-12,16H,8-10H2,1-3H3. The van der Waals surface area contributed by atoms with E-state index in [9.17, 15) is 4.39 Å². The maximum Gasteiger partial charge on any atom is 0.126 e. The molecule has 1 atom stereocenters. The van der Waals surface area contributed by atoms with Crippen LogP contribution in [0.2, 0.25) is 0 Å². The molecular weight excluding hydrogens is 201 g/mol. The van der Waals surface area contributed by atoms with Crippen molar-refractivity contribution in [3.8, 4) is 0 Å². The molecule has 0 fully saturated rings. The fourth-order valence-corrected chi connectivity index (χ4v) is 1.94. The first kappa shape index (κ1) is 13.2. The van der Waals surface area contributed by atoms with Crippen molar-refractivity contribution in [1.82, 2.24) is 5.32 Å². The van der Waals surface area contributed by atoms with Crippen molar-refractivity contribution in [2.45, 2.75) is 39.7 Å². The first-order valence-electron chi connectivity index (χ1n) is 6.06. The minimum Gasteiger partial charge on any atom is -0.314 e. The zero-order valence-corrected chi connectivity index (χ0v) is 10.5. The molecule has 0 aliphatic rings. The Balaban J connectivity index is 2.28. The fraction of sp³-hybridized carbons (Fsp3) is 0.571. The van der Waals surface area contributed by atoms with E-state index >= 15 is 0 Å². The van der Waals surface area contributed by atoms with Gasteiger partial charge in [-0.1, -0.05) is 32.0 Å². The number of hydrogen-bond donors (Lipinski definition) is 1. The third kappa shape index (κ3) is 4.75. The lowest BCUT2D eigenvalue weighted by Gasteiger charge is -2.15. The van der Waals surface area contributed by atoms with Gasteiger partial charge in [0.1, 0.15) is 5.82 Å². The van der Waals surface area contributed by atoms with Crippen LogP contribution in [0.3, 0.4) is 0 Å². The Labute approximate surface area is 98.1 Å². The molecule has 1 aromatic rings. The second kappa shape index (κ2) is 6.64. The molecule has 0 bridgehead atoms. The first-order chi connectivity index (χ1) is 7.59. The molecule has 1 rings (SSSR count). The van der Waals surface area contributed by atoms with Crippen molar-refractivity contribution in [1.29, 1.82) is 0 Å². The Morgan fingerprint density at radius 1 is 1.19 bits per heavy atom. The summed E-state index contributed by atoms with van der Waals surface area (Å²) in [6, 6.07) is 7.49. The number of benzene rings is 1. The molecule has 0 aromatic heterocycles. The number of hydrogen-bond acceptors (Lipinski definition) is 1. The van der Waals surface area contributed by atoms with Crippen LogP contribution >= 0.6 is 0 Å². The summed E-state index contributed by atoms with van der Waals surface area (Å²) in [5, 5.41) is 3.42. The zero-order valence-electron chi connectivity index (χ0n) is 10.5. The minimum atomic E-state index is -0.0965. The monoisotopic (exact) mass is 223 g/mol. The average molecular weight is 223 g/mol. The molecule has 16 heavy (non-hydrogen) atoms. The summed E-state index contributed by atoms with van der Waals surface area (Å²) >= 11 is 0. The zero-order chi connectivity index (χ0) is 12.0. The summed E-state index contributed by atoms with van der Waals surface area (Å²) in [6.45, 7) is 7.46. The van der Waals surface area contributed by atoms with Crippen molar-refractivity contribution in [2.75, 3.05) is 6.54 Å². The summed E-state index contributed by atoms with van der Waals surface area (Å²) in [4.78, 5) is 0. The molecule has 2 heteroatoms. The van der Waals surface area contributed by atoms with Gasteiger partial charge in [-0.25, -0.2) is 4.39 Å².